The van der Waals surface area contributed by atoms with Crippen molar-refractivity contribution in [2.24, 2.45) is 0 Å². The van der Waals surface area contributed by atoms with Crippen LogP contribution >= 0.6 is 0 Å². The SMILES string of the molecule is COCC(=O)N1CCc2nc(N(C)Cc3cccnc3)[nH]c(=O)c2CC1. The van der Waals surface area contributed by atoms with Crippen LogP contribution in [0, 0.1) is 0 Å². The van der Waals surface area contributed by atoms with Crippen LogP contribution in [0.2, 0.25) is 0 Å². The van der Waals surface area contributed by atoms with Crippen molar-refractivity contribution in [2.45, 2.75) is 19.4 Å². The molecule has 0 radical (unpaired) electrons. The Morgan fingerprint density at radius 1 is 1.38 bits per heavy atom. The van der Waals surface area contributed by atoms with E-state index in [1.54, 1.807) is 17.3 Å². The molecule has 1 aliphatic heterocycles. The van der Waals surface area contributed by atoms with Crippen molar-refractivity contribution >= 4 is 11.9 Å². The molecule has 0 aliphatic carbocycles. The third kappa shape index (κ3) is 4.08. The lowest BCUT2D eigenvalue weighted by atomic mass is 10.1. The lowest BCUT2D eigenvalue weighted by Gasteiger charge is -2.19. The molecule has 0 fully saturated rings. The van der Waals surface area contributed by atoms with Gasteiger partial charge in [-0.2, -0.15) is 0 Å². The Bertz CT molecular complexity index is 821. The number of H-pyrrole nitrogens is 1. The van der Waals surface area contributed by atoms with Gasteiger partial charge in [-0.25, -0.2) is 4.98 Å². The first-order chi connectivity index (χ1) is 12.6. The number of methoxy groups -OCH3 is 1. The third-order valence-corrected chi connectivity index (χ3v) is 4.46. The molecule has 0 spiro atoms. The molecule has 0 bridgehead atoms. The maximum absolute atomic E-state index is 12.5. The number of rotatable bonds is 5. The van der Waals surface area contributed by atoms with Crippen LogP contribution in [0.1, 0.15) is 16.8 Å². The molecule has 3 rings (SSSR count). The van der Waals surface area contributed by atoms with Gasteiger partial charge in [-0.15, -0.1) is 0 Å². The Hall–Kier alpha value is -2.74. The Balaban J connectivity index is 1.78. The number of ether oxygens (including phenoxy) is 1. The van der Waals surface area contributed by atoms with Crippen molar-refractivity contribution in [3.63, 3.8) is 0 Å². The zero-order valence-electron chi connectivity index (χ0n) is 15.1. The normalized spacial score (nSPS) is 13.8. The van der Waals surface area contributed by atoms with E-state index in [0.717, 1.165) is 11.3 Å². The van der Waals surface area contributed by atoms with Gasteiger partial charge in [-0.1, -0.05) is 6.07 Å². The van der Waals surface area contributed by atoms with Crippen LogP contribution < -0.4 is 10.5 Å². The minimum Gasteiger partial charge on any atom is -0.375 e. The molecular formula is C18H23N5O3. The number of nitrogens with one attached hydrogen (secondary N) is 1. The summed E-state index contributed by atoms with van der Waals surface area (Å²) in [6.45, 7) is 1.69. The van der Waals surface area contributed by atoms with E-state index < -0.39 is 0 Å². The highest BCUT2D eigenvalue weighted by molar-refractivity contribution is 5.77. The monoisotopic (exact) mass is 357 g/mol. The van der Waals surface area contributed by atoms with Crippen molar-refractivity contribution in [3.8, 4) is 0 Å². The van der Waals surface area contributed by atoms with Gasteiger partial charge in [0.2, 0.25) is 11.9 Å². The minimum atomic E-state index is -0.135. The Morgan fingerprint density at radius 3 is 2.92 bits per heavy atom. The predicted molar refractivity (Wildman–Crippen MR) is 97.1 cm³/mol. The van der Waals surface area contributed by atoms with Crippen LogP contribution in [-0.4, -0.2) is 59.6 Å². The first-order valence-corrected chi connectivity index (χ1v) is 8.57. The van der Waals surface area contributed by atoms with Crippen molar-refractivity contribution < 1.29 is 9.53 Å². The summed E-state index contributed by atoms with van der Waals surface area (Å²) in [5, 5.41) is 0. The zero-order chi connectivity index (χ0) is 18.5. The van der Waals surface area contributed by atoms with Gasteiger partial charge in [0.15, 0.2) is 0 Å². The number of fused-ring (bicyclic) bond motifs is 1. The topological polar surface area (TPSA) is 91.4 Å². The number of anilines is 1. The summed E-state index contributed by atoms with van der Waals surface area (Å²) in [5.41, 5.74) is 2.32. The average molecular weight is 357 g/mol. The zero-order valence-corrected chi connectivity index (χ0v) is 15.1. The summed E-state index contributed by atoms with van der Waals surface area (Å²) < 4.78 is 4.92. The summed E-state index contributed by atoms with van der Waals surface area (Å²) in [6.07, 6.45) is 4.57. The molecule has 3 heterocycles. The number of aromatic nitrogens is 3. The molecule has 138 valence electrons. The first kappa shape index (κ1) is 18.1. The van der Waals surface area contributed by atoms with Gasteiger partial charge in [0.25, 0.3) is 5.56 Å². The minimum absolute atomic E-state index is 0.0548. The number of hydrogen-bond donors (Lipinski definition) is 1. The van der Waals surface area contributed by atoms with E-state index in [4.69, 9.17) is 4.74 Å². The highest BCUT2D eigenvalue weighted by Crippen LogP contribution is 2.15. The summed E-state index contributed by atoms with van der Waals surface area (Å²) >= 11 is 0. The van der Waals surface area contributed by atoms with Crippen LogP contribution in [0.4, 0.5) is 5.95 Å². The molecule has 0 unspecified atom stereocenters. The number of hydrogen-bond acceptors (Lipinski definition) is 6. The van der Waals surface area contributed by atoms with Gasteiger partial charge in [0, 0.05) is 58.2 Å². The number of carbonyl (C=O) groups is 1. The summed E-state index contributed by atoms with van der Waals surface area (Å²) in [4.78, 5) is 39.8. The lowest BCUT2D eigenvalue weighted by Crippen LogP contribution is -2.35. The fourth-order valence-electron chi connectivity index (χ4n) is 3.08. The van der Waals surface area contributed by atoms with Gasteiger partial charge in [0.1, 0.15) is 6.61 Å². The second-order valence-corrected chi connectivity index (χ2v) is 6.35. The van der Waals surface area contributed by atoms with Crippen LogP contribution in [-0.2, 0) is 28.9 Å². The Morgan fingerprint density at radius 2 is 2.19 bits per heavy atom. The molecule has 0 aromatic carbocycles. The number of pyridine rings is 1. The Kier molecular flexibility index (Phi) is 5.62. The molecule has 26 heavy (non-hydrogen) atoms. The van der Waals surface area contributed by atoms with Crippen molar-refractivity contribution in [1.29, 1.82) is 0 Å². The maximum Gasteiger partial charge on any atom is 0.255 e. The molecule has 2 aromatic rings. The van der Waals surface area contributed by atoms with E-state index in [9.17, 15) is 9.59 Å². The van der Waals surface area contributed by atoms with E-state index in [1.807, 2.05) is 24.1 Å². The molecule has 1 N–H and O–H groups in total. The fraction of sp³-hybridized carbons (Fsp3) is 0.444. The average Bonchev–Trinajstić information content (AvgIpc) is 2.86. The lowest BCUT2D eigenvalue weighted by molar-refractivity contribution is -0.135. The van der Waals surface area contributed by atoms with Gasteiger partial charge >= 0.3 is 0 Å². The van der Waals surface area contributed by atoms with Gasteiger partial charge in [-0.05, 0) is 18.1 Å². The second kappa shape index (κ2) is 8.09. The van der Waals surface area contributed by atoms with Crippen molar-refractivity contribution in [3.05, 3.63) is 51.7 Å². The predicted octanol–water partition coefficient (Wildman–Crippen LogP) is 0.375. The number of aromatic amines is 1. The van der Waals surface area contributed by atoms with Gasteiger partial charge in [-0.3, -0.25) is 19.6 Å². The maximum atomic E-state index is 12.5. The fourth-order valence-corrected chi connectivity index (χ4v) is 3.08. The van der Waals surface area contributed by atoms with E-state index in [1.165, 1.54) is 7.11 Å². The van der Waals surface area contributed by atoms with Crippen LogP contribution in [0.5, 0.6) is 0 Å². The Labute approximate surface area is 151 Å². The highest BCUT2D eigenvalue weighted by Gasteiger charge is 2.22. The summed E-state index contributed by atoms with van der Waals surface area (Å²) in [5.74, 6) is 0.458. The molecule has 8 nitrogen and oxygen atoms in total. The highest BCUT2D eigenvalue weighted by atomic mass is 16.5. The quantitative estimate of drug-likeness (QED) is 0.832. The summed E-state index contributed by atoms with van der Waals surface area (Å²) in [7, 11) is 3.38. The molecular weight excluding hydrogens is 334 g/mol. The van der Waals surface area contributed by atoms with Crippen molar-refractivity contribution in [1.82, 2.24) is 19.9 Å². The van der Waals surface area contributed by atoms with E-state index >= 15 is 0 Å². The smallest absolute Gasteiger partial charge is 0.255 e. The number of carbonyl (C=O) groups excluding carboxylic acids is 1. The van der Waals surface area contributed by atoms with E-state index in [2.05, 4.69) is 15.0 Å². The molecule has 0 saturated heterocycles. The summed E-state index contributed by atoms with van der Waals surface area (Å²) in [6, 6.07) is 3.85. The van der Waals surface area contributed by atoms with Crippen LogP contribution in [0.15, 0.2) is 29.3 Å². The number of amides is 1. The molecule has 1 aliphatic rings. The van der Waals surface area contributed by atoms with Gasteiger partial charge in [0.05, 0.1) is 5.69 Å². The standard InChI is InChI=1S/C18H23N5O3/c1-22(11-13-4-3-7-19-10-13)18-20-15-6-9-23(16(24)12-26-2)8-5-14(15)17(25)21-18/h3-4,7,10H,5-6,8-9,11-12H2,1-2H3,(H,20,21,25). The van der Waals surface area contributed by atoms with E-state index in [-0.39, 0.29) is 18.1 Å². The van der Waals surface area contributed by atoms with E-state index in [0.29, 0.717) is 44.0 Å². The molecule has 0 saturated carbocycles. The molecule has 1 amide bonds. The third-order valence-electron chi connectivity index (χ3n) is 4.46. The van der Waals surface area contributed by atoms with Gasteiger partial charge < -0.3 is 14.5 Å². The molecule has 0 atom stereocenters. The van der Waals surface area contributed by atoms with Crippen LogP contribution in [0.3, 0.4) is 0 Å². The second-order valence-electron chi connectivity index (χ2n) is 6.35. The molecule has 2 aromatic heterocycles. The first-order valence-electron chi connectivity index (χ1n) is 8.57. The van der Waals surface area contributed by atoms with Crippen LogP contribution in [0.25, 0.3) is 0 Å². The largest absolute Gasteiger partial charge is 0.375 e. The van der Waals surface area contributed by atoms with Crippen molar-refractivity contribution in [2.75, 3.05) is 38.8 Å². The molecule has 8 heteroatoms. The number of nitrogens with zero attached hydrogens (tertiary/aromatic N) is 4.